The maximum atomic E-state index is 12.3. The lowest BCUT2D eigenvalue weighted by Gasteiger charge is -2.04. The van der Waals surface area contributed by atoms with Gasteiger partial charge in [-0.1, -0.05) is 24.7 Å². The number of aryl methyl sites for hydroxylation is 1. The molecule has 0 atom stereocenters. The Bertz CT molecular complexity index is 718. The zero-order valence-corrected chi connectivity index (χ0v) is 14.4. The number of benzene rings is 1. The van der Waals surface area contributed by atoms with E-state index in [2.05, 4.69) is 22.4 Å². The molecule has 2 rings (SSSR count). The second-order valence-electron chi connectivity index (χ2n) is 4.70. The number of hydrogen-bond acceptors (Lipinski definition) is 7. The Morgan fingerprint density at radius 1 is 1.43 bits per heavy atom. The van der Waals surface area contributed by atoms with Crippen molar-refractivity contribution in [1.82, 2.24) is 10.2 Å². The number of rotatable bonds is 7. The number of anilines is 1. The van der Waals surface area contributed by atoms with Gasteiger partial charge in [-0.2, -0.15) is 0 Å². The lowest BCUT2D eigenvalue weighted by atomic mass is 10.1. The Hall–Kier alpha value is -2.00. The van der Waals surface area contributed by atoms with Crippen LogP contribution in [0.3, 0.4) is 0 Å². The molecule has 1 heterocycles. The summed E-state index contributed by atoms with van der Waals surface area (Å²) in [5, 5.41) is 22.8. The molecule has 2 aromatic rings. The Morgan fingerprint density at radius 3 is 2.87 bits per heavy atom. The number of unbranched alkanes of at least 4 members (excludes halogenated alkanes) is 1. The third-order valence-corrected chi connectivity index (χ3v) is 4.70. The van der Waals surface area contributed by atoms with E-state index < -0.39 is 10.8 Å². The van der Waals surface area contributed by atoms with Crippen molar-refractivity contribution in [3.63, 3.8) is 0 Å². The minimum atomic E-state index is -0.564. The first-order chi connectivity index (χ1) is 11.0. The van der Waals surface area contributed by atoms with Gasteiger partial charge >= 0.3 is 0 Å². The maximum Gasteiger partial charge on any atom is 0.282 e. The van der Waals surface area contributed by atoms with Crippen molar-refractivity contribution < 1.29 is 9.72 Å². The fourth-order valence-corrected chi connectivity index (χ4v) is 3.10. The molecule has 0 bridgehead atoms. The van der Waals surface area contributed by atoms with Crippen LogP contribution >= 0.6 is 23.1 Å². The van der Waals surface area contributed by atoms with Crippen LogP contribution in [-0.2, 0) is 6.42 Å². The van der Waals surface area contributed by atoms with Crippen molar-refractivity contribution in [1.29, 1.82) is 0 Å². The molecule has 0 fully saturated rings. The van der Waals surface area contributed by atoms with E-state index in [1.165, 1.54) is 35.2 Å². The summed E-state index contributed by atoms with van der Waals surface area (Å²) in [4.78, 5) is 23.7. The summed E-state index contributed by atoms with van der Waals surface area (Å²) in [6.07, 6.45) is 4.71. The predicted octanol–water partition coefficient (Wildman–Crippen LogP) is 3.76. The fraction of sp³-hybridized carbons (Fsp3) is 0.357. The molecule has 23 heavy (non-hydrogen) atoms. The molecule has 122 valence electrons. The molecule has 0 aliphatic heterocycles. The van der Waals surface area contributed by atoms with Crippen molar-refractivity contribution in [3.8, 4) is 0 Å². The van der Waals surface area contributed by atoms with E-state index in [-0.39, 0.29) is 11.3 Å². The monoisotopic (exact) mass is 352 g/mol. The summed E-state index contributed by atoms with van der Waals surface area (Å²) in [6.45, 7) is 2.08. The van der Waals surface area contributed by atoms with Crippen LogP contribution in [0.2, 0.25) is 0 Å². The van der Waals surface area contributed by atoms with E-state index in [1.54, 1.807) is 6.07 Å². The molecule has 1 aromatic heterocycles. The van der Waals surface area contributed by atoms with Gasteiger partial charge in [0, 0.05) is 17.4 Å². The highest BCUT2D eigenvalue weighted by Crippen LogP contribution is 2.26. The molecule has 0 spiro atoms. The van der Waals surface area contributed by atoms with Crippen LogP contribution in [0.15, 0.2) is 23.1 Å². The topological polar surface area (TPSA) is 98.0 Å². The lowest BCUT2D eigenvalue weighted by molar-refractivity contribution is -0.385. The molecule has 0 saturated carbocycles. The number of nitrogens with zero attached hydrogens (tertiary/aromatic N) is 3. The summed E-state index contributed by atoms with van der Waals surface area (Å²) in [5.41, 5.74) is -0.205. The summed E-state index contributed by atoms with van der Waals surface area (Å²) < 4.78 is 0. The molecule has 1 amide bonds. The van der Waals surface area contributed by atoms with Crippen molar-refractivity contribution >= 4 is 39.8 Å². The second-order valence-corrected chi connectivity index (χ2v) is 6.64. The zero-order chi connectivity index (χ0) is 16.8. The first kappa shape index (κ1) is 17.4. The molecule has 0 aliphatic rings. The third-order valence-electron chi connectivity index (χ3n) is 3.08. The predicted molar refractivity (Wildman–Crippen MR) is 91.4 cm³/mol. The average molecular weight is 352 g/mol. The standard InChI is InChI=1S/C14H16N4O3S2/c1-3-4-5-12-16-17-14(23-12)15-13(19)10-8-9(22-2)6-7-11(10)18(20)21/h6-8H,3-5H2,1-2H3,(H,15,17,19). The molecule has 0 saturated heterocycles. The Balaban J connectivity index is 2.19. The molecule has 1 N–H and O–H groups in total. The van der Waals surface area contributed by atoms with Crippen LogP contribution in [-0.4, -0.2) is 27.3 Å². The minimum absolute atomic E-state index is 0.0205. The first-order valence-electron chi connectivity index (χ1n) is 7.01. The van der Waals surface area contributed by atoms with Crippen molar-refractivity contribution in [2.75, 3.05) is 11.6 Å². The van der Waals surface area contributed by atoms with Gasteiger partial charge in [0.05, 0.1) is 4.92 Å². The van der Waals surface area contributed by atoms with Crippen LogP contribution in [0.1, 0.15) is 35.1 Å². The molecular weight excluding hydrogens is 336 g/mol. The van der Waals surface area contributed by atoms with Gasteiger partial charge in [-0.25, -0.2) is 0 Å². The molecule has 9 heteroatoms. The number of carbonyl (C=O) groups is 1. The number of amides is 1. The highest BCUT2D eigenvalue weighted by Gasteiger charge is 2.21. The van der Waals surface area contributed by atoms with Gasteiger partial charge in [-0.05, 0) is 24.8 Å². The van der Waals surface area contributed by atoms with Crippen LogP contribution in [0.5, 0.6) is 0 Å². The number of nitrogens with one attached hydrogen (secondary N) is 1. The smallest absolute Gasteiger partial charge is 0.282 e. The van der Waals surface area contributed by atoms with Gasteiger partial charge in [0.2, 0.25) is 5.13 Å². The molecule has 0 aliphatic carbocycles. The van der Waals surface area contributed by atoms with Crippen LogP contribution in [0.25, 0.3) is 0 Å². The van der Waals surface area contributed by atoms with Gasteiger partial charge in [-0.15, -0.1) is 22.0 Å². The van der Waals surface area contributed by atoms with Gasteiger partial charge in [0.1, 0.15) is 10.6 Å². The van der Waals surface area contributed by atoms with Crippen molar-refractivity contribution in [2.45, 2.75) is 31.1 Å². The van der Waals surface area contributed by atoms with Crippen LogP contribution in [0, 0.1) is 10.1 Å². The van der Waals surface area contributed by atoms with Crippen LogP contribution in [0.4, 0.5) is 10.8 Å². The number of nitro benzene ring substituents is 1. The van der Waals surface area contributed by atoms with Crippen molar-refractivity contribution in [3.05, 3.63) is 38.9 Å². The summed E-state index contributed by atoms with van der Waals surface area (Å²) in [6, 6.07) is 4.47. The maximum absolute atomic E-state index is 12.3. The molecule has 0 unspecified atom stereocenters. The Kier molecular flexibility index (Phi) is 6.05. The van der Waals surface area contributed by atoms with E-state index in [4.69, 9.17) is 0 Å². The van der Waals surface area contributed by atoms with E-state index in [0.29, 0.717) is 5.13 Å². The average Bonchev–Trinajstić information content (AvgIpc) is 2.99. The minimum Gasteiger partial charge on any atom is -0.296 e. The summed E-state index contributed by atoms with van der Waals surface area (Å²) in [5.74, 6) is -0.550. The van der Waals surface area contributed by atoms with Crippen molar-refractivity contribution in [2.24, 2.45) is 0 Å². The van der Waals surface area contributed by atoms with E-state index in [9.17, 15) is 14.9 Å². The Labute approximate surface area is 141 Å². The molecule has 0 radical (unpaired) electrons. The van der Waals surface area contributed by atoms with Gasteiger partial charge in [-0.3, -0.25) is 20.2 Å². The highest BCUT2D eigenvalue weighted by molar-refractivity contribution is 7.98. The summed E-state index contributed by atoms with van der Waals surface area (Å²) >= 11 is 2.70. The molecular formula is C14H16N4O3S2. The number of nitro groups is 1. The van der Waals surface area contributed by atoms with Gasteiger partial charge < -0.3 is 0 Å². The van der Waals surface area contributed by atoms with Gasteiger partial charge in [0.15, 0.2) is 0 Å². The molecule has 1 aromatic carbocycles. The third kappa shape index (κ3) is 4.49. The van der Waals surface area contributed by atoms with E-state index >= 15 is 0 Å². The number of thioether (sulfide) groups is 1. The van der Waals surface area contributed by atoms with E-state index in [1.807, 2.05) is 6.26 Å². The first-order valence-corrected chi connectivity index (χ1v) is 9.05. The number of carbonyl (C=O) groups excluding carboxylic acids is 1. The SMILES string of the molecule is CCCCc1nnc(NC(=O)c2cc(SC)ccc2[N+](=O)[O-])s1. The quantitative estimate of drug-likeness (QED) is 0.463. The normalized spacial score (nSPS) is 10.5. The largest absolute Gasteiger partial charge is 0.296 e. The lowest BCUT2D eigenvalue weighted by Crippen LogP contribution is -2.14. The number of aromatic nitrogens is 2. The second kappa shape index (κ2) is 8.02. The van der Waals surface area contributed by atoms with Gasteiger partial charge in [0.25, 0.3) is 11.6 Å². The summed E-state index contributed by atoms with van der Waals surface area (Å²) in [7, 11) is 0. The zero-order valence-electron chi connectivity index (χ0n) is 12.7. The van der Waals surface area contributed by atoms with E-state index in [0.717, 1.165) is 29.2 Å². The highest BCUT2D eigenvalue weighted by atomic mass is 32.2. The Morgan fingerprint density at radius 2 is 2.22 bits per heavy atom. The van der Waals surface area contributed by atoms with Crippen LogP contribution < -0.4 is 5.32 Å². The number of hydrogen-bond donors (Lipinski definition) is 1. The molecule has 7 nitrogen and oxygen atoms in total. The fourth-order valence-electron chi connectivity index (χ4n) is 1.88.